The van der Waals surface area contributed by atoms with Crippen molar-refractivity contribution in [2.75, 3.05) is 0 Å². The molecular formula is C22H24N4O6. The van der Waals surface area contributed by atoms with Gasteiger partial charge >= 0.3 is 11.9 Å². The molecule has 0 spiro atoms. The van der Waals surface area contributed by atoms with E-state index in [-0.39, 0.29) is 18.6 Å². The first kappa shape index (κ1) is 22.8. The lowest BCUT2D eigenvalue weighted by atomic mass is 10.1. The number of phenolic OH excluding ortho intramolecular Hbond substituents is 1. The molecule has 4 rings (SSSR count). The van der Waals surface area contributed by atoms with Crippen LogP contribution in [0.1, 0.15) is 11.1 Å². The molecule has 1 unspecified atom stereocenters. The molecule has 2 heterocycles. The maximum Gasteiger partial charge on any atom is 0.323 e. The summed E-state index contributed by atoms with van der Waals surface area (Å²) in [5, 5.41) is 37.4. The van der Waals surface area contributed by atoms with E-state index in [0.717, 1.165) is 32.9 Å². The largest absolute Gasteiger partial charge is 0.508 e. The summed E-state index contributed by atoms with van der Waals surface area (Å²) in [7, 11) is 0. The van der Waals surface area contributed by atoms with E-state index in [1.165, 1.54) is 0 Å². The fourth-order valence-electron chi connectivity index (χ4n) is 3.37. The zero-order chi connectivity index (χ0) is 23.3. The molecule has 32 heavy (non-hydrogen) atoms. The van der Waals surface area contributed by atoms with E-state index in [1.807, 2.05) is 24.3 Å². The maximum atomic E-state index is 10.8. The van der Waals surface area contributed by atoms with Gasteiger partial charge in [-0.15, -0.1) is 0 Å². The number of H-pyrrole nitrogens is 2. The van der Waals surface area contributed by atoms with Crippen molar-refractivity contribution in [2.24, 2.45) is 5.73 Å². The predicted octanol–water partition coefficient (Wildman–Crippen LogP) is 1.97. The number of hydrogen-bond donors (Lipinski definition) is 8. The molecule has 0 aliphatic rings. The number of hydroxylamine groups is 1. The normalized spacial score (nSPS) is 12.8. The summed E-state index contributed by atoms with van der Waals surface area (Å²) in [6.45, 7) is 0. The van der Waals surface area contributed by atoms with E-state index in [4.69, 9.17) is 21.2 Å². The van der Waals surface area contributed by atoms with Crippen molar-refractivity contribution < 1.29 is 30.1 Å². The fourth-order valence-corrected chi connectivity index (χ4v) is 3.37. The summed E-state index contributed by atoms with van der Waals surface area (Å²) < 4.78 is 0. The summed E-state index contributed by atoms with van der Waals surface area (Å²) in [4.78, 5) is 27.5. The quantitative estimate of drug-likeness (QED) is 0.200. The average molecular weight is 440 g/mol. The van der Waals surface area contributed by atoms with Crippen LogP contribution in [0.3, 0.4) is 0 Å². The molecule has 0 radical (unpaired) electrons. The SMILES string of the molecule is N[C@H](Cc1c[nH]c2ccc(O)cc12)C(=O)O.O=C(O)C(Cc1c[nH]c2ccccc12)NO. The topological polar surface area (TPSA) is 185 Å². The third kappa shape index (κ3) is 5.24. The Bertz CT molecular complexity index is 1230. The van der Waals surface area contributed by atoms with Gasteiger partial charge in [-0.2, -0.15) is 5.48 Å². The van der Waals surface area contributed by atoms with Crippen LogP contribution in [-0.4, -0.2) is 54.5 Å². The second-order valence-electron chi connectivity index (χ2n) is 7.28. The first-order chi connectivity index (χ1) is 15.3. The van der Waals surface area contributed by atoms with Crippen molar-refractivity contribution in [2.45, 2.75) is 24.9 Å². The molecule has 2 aromatic heterocycles. The molecule has 0 aliphatic heterocycles. The number of aliphatic carboxylic acids is 2. The number of phenols is 1. The predicted molar refractivity (Wildman–Crippen MR) is 118 cm³/mol. The second kappa shape index (κ2) is 9.96. The lowest BCUT2D eigenvalue weighted by Crippen LogP contribution is -2.36. The van der Waals surface area contributed by atoms with Crippen LogP contribution in [0, 0.1) is 0 Å². The molecule has 10 heteroatoms. The number of nitrogens with two attached hydrogens (primary N) is 1. The molecule has 2 aromatic carbocycles. The van der Waals surface area contributed by atoms with Gasteiger partial charge in [-0.05, 0) is 35.4 Å². The highest BCUT2D eigenvalue weighted by Gasteiger charge is 2.18. The number of carbonyl (C=O) groups is 2. The van der Waals surface area contributed by atoms with Crippen molar-refractivity contribution in [1.29, 1.82) is 0 Å². The number of carboxylic acid groups (broad SMARTS) is 2. The number of aromatic hydroxyl groups is 1. The molecule has 0 fully saturated rings. The maximum absolute atomic E-state index is 10.8. The number of benzene rings is 2. The van der Waals surface area contributed by atoms with Crippen LogP contribution >= 0.6 is 0 Å². The van der Waals surface area contributed by atoms with Gasteiger partial charge < -0.3 is 36.2 Å². The smallest absolute Gasteiger partial charge is 0.323 e. The van der Waals surface area contributed by atoms with Crippen molar-refractivity contribution in [1.82, 2.24) is 15.4 Å². The summed E-state index contributed by atoms with van der Waals surface area (Å²) in [5.74, 6) is -1.96. The summed E-state index contributed by atoms with van der Waals surface area (Å²) in [6.07, 6.45) is 3.94. The van der Waals surface area contributed by atoms with Gasteiger partial charge in [0, 0.05) is 47.0 Å². The number of nitrogens with one attached hydrogen (secondary N) is 3. The number of rotatable bonds is 7. The average Bonchev–Trinajstić information content (AvgIpc) is 3.36. The van der Waals surface area contributed by atoms with E-state index in [1.54, 1.807) is 36.1 Å². The number of fused-ring (bicyclic) bond motifs is 2. The minimum Gasteiger partial charge on any atom is -0.508 e. The molecule has 0 saturated carbocycles. The Morgan fingerprint density at radius 1 is 0.906 bits per heavy atom. The number of aromatic nitrogens is 2. The van der Waals surface area contributed by atoms with Crippen LogP contribution in [-0.2, 0) is 22.4 Å². The van der Waals surface area contributed by atoms with Gasteiger partial charge in [0.15, 0.2) is 0 Å². The zero-order valence-corrected chi connectivity index (χ0v) is 16.9. The van der Waals surface area contributed by atoms with Crippen LogP contribution in [0.4, 0.5) is 0 Å². The Morgan fingerprint density at radius 2 is 1.53 bits per heavy atom. The Kier molecular flexibility index (Phi) is 7.11. The Morgan fingerprint density at radius 3 is 2.16 bits per heavy atom. The molecule has 0 saturated heterocycles. The number of carboxylic acids is 2. The van der Waals surface area contributed by atoms with Crippen LogP contribution in [0.2, 0.25) is 0 Å². The van der Waals surface area contributed by atoms with Crippen LogP contribution < -0.4 is 11.2 Å². The van der Waals surface area contributed by atoms with Gasteiger partial charge in [0.05, 0.1) is 0 Å². The van der Waals surface area contributed by atoms with Crippen molar-refractivity contribution >= 4 is 33.7 Å². The standard InChI is InChI=1S/2C11H12N2O3/c12-9(11(15)16)3-6-5-13-10-2-1-7(14)4-8(6)10;14-11(15)10(13-16)5-7-6-12-9-4-2-1-3-8(7)9/h1-2,4-5,9,13-14H,3,12H2,(H,15,16);1-4,6,10,12-13,16H,5H2,(H,14,15)/t9-;/m1./s1. The first-order valence-corrected chi connectivity index (χ1v) is 9.75. The fraction of sp³-hybridized carbons (Fsp3) is 0.182. The zero-order valence-electron chi connectivity index (χ0n) is 16.9. The van der Waals surface area contributed by atoms with E-state index in [2.05, 4.69) is 9.97 Å². The molecule has 0 amide bonds. The van der Waals surface area contributed by atoms with E-state index in [9.17, 15) is 14.7 Å². The first-order valence-electron chi connectivity index (χ1n) is 9.75. The Balaban J connectivity index is 0.000000181. The highest BCUT2D eigenvalue weighted by molar-refractivity contribution is 5.86. The van der Waals surface area contributed by atoms with Gasteiger partial charge in [-0.1, -0.05) is 18.2 Å². The number of para-hydroxylation sites is 1. The molecule has 9 N–H and O–H groups in total. The summed E-state index contributed by atoms with van der Waals surface area (Å²) in [6, 6.07) is 10.6. The van der Waals surface area contributed by atoms with Crippen molar-refractivity contribution in [3.8, 4) is 5.75 Å². The van der Waals surface area contributed by atoms with Crippen LogP contribution in [0.25, 0.3) is 21.8 Å². The molecule has 10 nitrogen and oxygen atoms in total. The molecule has 4 aromatic rings. The molecule has 0 bridgehead atoms. The lowest BCUT2D eigenvalue weighted by Gasteiger charge is -2.08. The van der Waals surface area contributed by atoms with E-state index < -0.39 is 24.0 Å². The van der Waals surface area contributed by atoms with Gasteiger partial charge in [-0.3, -0.25) is 9.59 Å². The highest BCUT2D eigenvalue weighted by atomic mass is 16.5. The van der Waals surface area contributed by atoms with E-state index in [0.29, 0.717) is 0 Å². The Hall–Kier alpha value is -3.86. The van der Waals surface area contributed by atoms with Crippen molar-refractivity contribution in [3.05, 3.63) is 66.0 Å². The minimum atomic E-state index is -1.08. The third-order valence-electron chi connectivity index (χ3n) is 5.06. The minimum absolute atomic E-state index is 0.150. The summed E-state index contributed by atoms with van der Waals surface area (Å²) >= 11 is 0. The van der Waals surface area contributed by atoms with Crippen molar-refractivity contribution in [3.63, 3.8) is 0 Å². The monoisotopic (exact) mass is 440 g/mol. The van der Waals surface area contributed by atoms with Gasteiger partial charge in [0.25, 0.3) is 0 Å². The summed E-state index contributed by atoms with van der Waals surface area (Å²) in [5.41, 5.74) is 10.7. The molecule has 0 aliphatic carbocycles. The van der Waals surface area contributed by atoms with Crippen LogP contribution in [0.15, 0.2) is 54.9 Å². The Labute approximate surface area is 182 Å². The molecular weight excluding hydrogens is 416 g/mol. The number of aromatic amines is 2. The lowest BCUT2D eigenvalue weighted by molar-refractivity contribution is -0.142. The van der Waals surface area contributed by atoms with Gasteiger partial charge in [0.1, 0.15) is 17.8 Å². The third-order valence-corrected chi connectivity index (χ3v) is 5.06. The molecule has 168 valence electrons. The van der Waals surface area contributed by atoms with Gasteiger partial charge in [-0.25, -0.2) is 0 Å². The highest BCUT2D eigenvalue weighted by Crippen LogP contribution is 2.23. The second-order valence-corrected chi connectivity index (χ2v) is 7.28. The number of hydrogen-bond acceptors (Lipinski definition) is 6. The molecule has 2 atom stereocenters. The van der Waals surface area contributed by atoms with Crippen LogP contribution in [0.5, 0.6) is 5.75 Å². The van der Waals surface area contributed by atoms with E-state index >= 15 is 0 Å². The van der Waals surface area contributed by atoms with Gasteiger partial charge in [0.2, 0.25) is 0 Å².